The van der Waals surface area contributed by atoms with Gasteiger partial charge >= 0.3 is 12.5 Å². The molecule has 49 heavy (non-hydrogen) atoms. The molecule has 0 aliphatic carbocycles. The number of amides is 2. The standard InChI is InChI=1S/C33H36F3N3O9S/c1-3-21(2)17-38(49(43,44)25-12-13-28-29(16-25)46-20-45-28)18-27(40)26(14-22-8-5-4-6-9-22)37-31(41)30-19-39(32(42)47-30)23-10-7-11-24(15-23)48-33(34,35)36/h4-13,15-16,21,26-27,30,40H,3,14,17-20H2,1-2H3,(H,37,41)/t21-,26-,27+,30-/m0/s1. The van der Waals surface area contributed by atoms with Gasteiger partial charge in [0.05, 0.1) is 29.3 Å². The molecule has 0 aromatic heterocycles. The SMILES string of the molecule is CC[C@H](C)CN(C[C@@H](O)[C@H](Cc1ccccc1)NC(=O)[C@@H]1CN(c2cccc(OC(F)(F)F)c2)C(=O)O1)S(=O)(=O)c1ccc2c(c1)OCO2. The summed E-state index contributed by atoms with van der Waals surface area (Å²) < 4.78 is 87.2. The third kappa shape index (κ3) is 8.93. The highest BCUT2D eigenvalue weighted by Gasteiger charge is 2.40. The molecule has 2 amide bonds. The fourth-order valence-electron chi connectivity index (χ4n) is 5.36. The molecule has 1 saturated heterocycles. The van der Waals surface area contributed by atoms with E-state index in [-0.39, 0.29) is 55.1 Å². The van der Waals surface area contributed by atoms with E-state index in [2.05, 4.69) is 10.1 Å². The van der Waals surface area contributed by atoms with Gasteiger partial charge in [-0.1, -0.05) is 56.7 Å². The van der Waals surface area contributed by atoms with E-state index < -0.39 is 52.4 Å². The van der Waals surface area contributed by atoms with Crippen molar-refractivity contribution in [3.8, 4) is 17.2 Å². The zero-order chi connectivity index (χ0) is 35.3. The molecular formula is C33H36F3N3O9S. The van der Waals surface area contributed by atoms with Crippen LogP contribution in [0.4, 0.5) is 23.7 Å². The number of aliphatic hydroxyl groups is 1. The van der Waals surface area contributed by atoms with Crippen molar-refractivity contribution in [2.75, 3.05) is 31.3 Å². The van der Waals surface area contributed by atoms with Crippen molar-refractivity contribution >= 4 is 27.7 Å². The van der Waals surface area contributed by atoms with Crippen LogP contribution >= 0.6 is 0 Å². The number of anilines is 1. The Morgan fingerprint density at radius 2 is 1.80 bits per heavy atom. The van der Waals surface area contributed by atoms with Crippen LogP contribution in [0.2, 0.25) is 0 Å². The van der Waals surface area contributed by atoms with Gasteiger partial charge in [-0.05, 0) is 42.2 Å². The van der Waals surface area contributed by atoms with Gasteiger partial charge < -0.3 is 29.4 Å². The summed E-state index contributed by atoms with van der Waals surface area (Å²) in [6.45, 7) is 3.10. The molecule has 3 aromatic rings. The molecule has 5 rings (SSSR count). The van der Waals surface area contributed by atoms with Crippen LogP contribution in [-0.2, 0) is 26.0 Å². The number of cyclic esters (lactones) is 1. The number of sulfonamides is 1. The van der Waals surface area contributed by atoms with E-state index in [0.717, 1.165) is 22.6 Å². The number of carbonyl (C=O) groups excluding carboxylic acids is 2. The van der Waals surface area contributed by atoms with E-state index in [9.17, 15) is 36.3 Å². The number of hydrogen-bond donors (Lipinski definition) is 2. The molecule has 264 valence electrons. The number of nitrogens with zero attached hydrogens (tertiary/aromatic N) is 2. The van der Waals surface area contributed by atoms with Gasteiger partial charge in [0.25, 0.3) is 5.91 Å². The molecule has 4 atom stereocenters. The predicted octanol–water partition coefficient (Wildman–Crippen LogP) is 4.46. The summed E-state index contributed by atoms with van der Waals surface area (Å²) in [5.41, 5.74) is 0.739. The summed E-state index contributed by atoms with van der Waals surface area (Å²) in [5, 5.41) is 14.3. The van der Waals surface area contributed by atoms with Crippen LogP contribution < -0.4 is 24.4 Å². The maximum Gasteiger partial charge on any atom is 0.573 e. The lowest BCUT2D eigenvalue weighted by atomic mass is 10.0. The third-order valence-corrected chi connectivity index (χ3v) is 9.97. The topological polar surface area (TPSA) is 144 Å². The average Bonchev–Trinajstić information content (AvgIpc) is 3.70. The quantitative estimate of drug-likeness (QED) is 0.248. The van der Waals surface area contributed by atoms with Gasteiger partial charge in [0, 0.05) is 25.2 Å². The van der Waals surface area contributed by atoms with Gasteiger partial charge in [0.15, 0.2) is 17.6 Å². The molecule has 0 spiro atoms. The second-order valence-corrected chi connectivity index (χ2v) is 13.7. The number of aliphatic hydroxyl groups excluding tert-OH is 1. The van der Waals surface area contributed by atoms with Crippen LogP contribution in [-0.4, -0.2) is 80.9 Å². The Morgan fingerprint density at radius 3 is 2.51 bits per heavy atom. The molecule has 1 fully saturated rings. The number of rotatable bonds is 14. The van der Waals surface area contributed by atoms with E-state index in [1.165, 1.54) is 34.6 Å². The smallest absolute Gasteiger partial charge is 0.454 e. The van der Waals surface area contributed by atoms with Crippen LogP contribution in [0, 0.1) is 5.92 Å². The molecule has 0 radical (unpaired) electrons. The minimum Gasteiger partial charge on any atom is -0.454 e. The van der Waals surface area contributed by atoms with Crippen LogP contribution in [0.1, 0.15) is 25.8 Å². The monoisotopic (exact) mass is 707 g/mol. The number of hydrogen-bond acceptors (Lipinski definition) is 9. The average molecular weight is 708 g/mol. The van der Waals surface area contributed by atoms with Crippen LogP contribution in [0.3, 0.4) is 0 Å². The maximum atomic E-state index is 13.9. The third-order valence-electron chi connectivity index (χ3n) is 8.14. The highest BCUT2D eigenvalue weighted by atomic mass is 32.2. The van der Waals surface area contributed by atoms with E-state index in [1.807, 2.05) is 13.8 Å². The molecule has 2 aliphatic heterocycles. The van der Waals surface area contributed by atoms with Gasteiger partial charge in [-0.2, -0.15) is 4.31 Å². The van der Waals surface area contributed by atoms with E-state index in [0.29, 0.717) is 12.2 Å². The Balaban J connectivity index is 1.35. The fourth-order valence-corrected chi connectivity index (χ4v) is 6.95. The lowest BCUT2D eigenvalue weighted by Crippen LogP contribution is -2.53. The minimum absolute atomic E-state index is 0.0114. The molecule has 2 aliphatic rings. The summed E-state index contributed by atoms with van der Waals surface area (Å²) in [7, 11) is -4.17. The molecule has 2 N–H and O–H groups in total. The number of carbonyl (C=O) groups is 2. The Morgan fingerprint density at radius 1 is 1.06 bits per heavy atom. The maximum absolute atomic E-state index is 13.9. The van der Waals surface area contributed by atoms with Gasteiger partial charge in [0.2, 0.25) is 16.8 Å². The number of ether oxygens (including phenoxy) is 4. The van der Waals surface area contributed by atoms with E-state index >= 15 is 0 Å². The molecule has 2 heterocycles. The number of nitrogens with one attached hydrogen (secondary N) is 1. The molecule has 16 heteroatoms. The zero-order valence-corrected chi connectivity index (χ0v) is 27.4. The van der Waals surface area contributed by atoms with Gasteiger partial charge in [-0.25, -0.2) is 13.2 Å². The van der Waals surface area contributed by atoms with Crippen molar-refractivity contribution in [1.82, 2.24) is 9.62 Å². The first-order chi connectivity index (χ1) is 23.2. The largest absolute Gasteiger partial charge is 0.573 e. The second-order valence-electron chi connectivity index (χ2n) is 11.8. The number of halogens is 3. The van der Waals surface area contributed by atoms with Crippen LogP contribution in [0.25, 0.3) is 0 Å². The van der Waals surface area contributed by atoms with E-state index in [4.69, 9.17) is 14.2 Å². The number of alkyl halides is 3. The Labute approximate surface area is 281 Å². The summed E-state index contributed by atoms with van der Waals surface area (Å²) in [4.78, 5) is 27.1. The van der Waals surface area contributed by atoms with Gasteiger partial charge in [-0.15, -0.1) is 13.2 Å². The van der Waals surface area contributed by atoms with Crippen molar-refractivity contribution in [1.29, 1.82) is 0 Å². The molecule has 3 aromatic carbocycles. The van der Waals surface area contributed by atoms with Crippen molar-refractivity contribution in [2.24, 2.45) is 5.92 Å². The fraction of sp³-hybridized carbons (Fsp3) is 0.394. The molecular weight excluding hydrogens is 671 g/mol. The van der Waals surface area contributed by atoms with Crippen LogP contribution in [0.15, 0.2) is 77.7 Å². The molecule has 0 bridgehead atoms. The molecule has 0 saturated carbocycles. The lowest BCUT2D eigenvalue weighted by molar-refractivity contribution is -0.274. The number of fused-ring (bicyclic) bond motifs is 1. The van der Waals surface area contributed by atoms with Gasteiger partial charge in [0.1, 0.15) is 5.75 Å². The second kappa shape index (κ2) is 14.9. The molecule has 12 nitrogen and oxygen atoms in total. The first-order valence-electron chi connectivity index (χ1n) is 15.5. The highest BCUT2D eigenvalue weighted by Crippen LogP contribution is 2.35. The summed E-state index contributed by atoms with van der Waals surface area (Å²) in [6, 6.07) is 16.8. The minimum atomic E-state index is -4.95. The highest BCUT2D eigenvalue weighted by molar-refractivity contribution is 7.89. The summed E-state index contributed by atoms with van der Waals surface area (Å²) in [5.74, 6) is -0.743. The van der Waals surface area contributed by atoms with Crippen LogP contribution in [0.5, 0.6) is 17.2 Å². The summed E-state index contributed by atoms with van der Waals surface area (Å²) >= 11 is 0. The summed E-state index contributed by atoms with van der Waals surface area (Å²) in [6.07, 6.45) is -7.99. The first kappa shape index (κ1) is 35.8. The van der Waals surface area contributed by atoms with Crippen molar-refractivity contribution in [3.05, 3.63) is 78.4 Å². The zero-order valence-electron chi connectivity index (χ0n) is 26.6. The normalized spacial score (nSPS) is 17.8. The van der Waals surface area contributed by atoms with Crippen molar-refractivity contribution < 1.29 is 55.2 Å². The first-order valence-corrected chi connectivity index (χ1v) is 16.9. The Bertz CT molecular complexity index is 1740. The Hall–Kier alpha value is -4.54. The van der Waals surface area contributed by atoms with E-state index in [1.54, 1.807) is 30.3 Å². The lowest BCUT2D eigenvalue weighted by Gasteiger charge is -2.31. The van der Waals surface area contributed by atoms with Gasteiger partial charge in [-0.3, -0.25) is 9.69 Å². The van der Waals surface area contributed by atoms with Crippen molar-refractivity contribution in [3.63, 3.8) is 0 Å². The molecule has 0 unspecified atom stereocenters. The van der Waals surface area contributed by atoms with Crippen molar-refractivity contribution in [2.45, 2.75) is 56.2 Å². The Kier molecular flexibility index (Phi) is 10.9. The predicted molar refractivity (Wildman–Crippen MR) is 170 cm³/mol. The number of benzene rings is 3.